The van der Waals surface area contributed by atoms with Gasteiger partial charge in [0.2, 0.25) is 0 Å². The van der Waals surface area contributed by atoms with Gasteiger partial charge in [0.15, 0.2) is 5.78 Å². The molecule has 0 N–H and O–H groups in total. The predicted octanol–water partition coefficient (Wildman–Crippen LogP) is 4.03. The van der Waals surface area contributed by atoms with Crippen LogP contribution >= 0.6 is 11.3 Å². The van der Waals surface area contributed by atoms with Crippen molar-refractivity contribution in [2.75, 3.05) is 11.4 Å². The van der Waals surface area contributed by atoms with Crippen LogP contribution in [-0.4, -0.2) is 17.3 Å². The number of fused-ring (bicyclic) bond motifs is 1. The van der Waals surface area contributed by atoms with Gasteiger partial charge in [0.05, 0.1) is 17.2 Å². The number of ketones is 1. The first-order chi connectivity index (χ1) is 10.0. The molecule has 3 nitrogen and oxygen atoms in total. The Morgan fingerprint density at radius 2 is 2.24 bits per heavy atom. The van der Waals surface area contributed by atoms with Gasteiger partial charge in [-0.1, -0.05) is 13.8 Å². The van der Waals surface area contributed by atoms with E-state index in [0.29, 0.717) is 5.92 Å². The largest absolute Gasteiger partial charge is 0.365 e. The molecule has 0 aliphatic carbocycles. The van der Waals surface area contributed by atoms with Crippen LogP contribution in [0.4, 0.5) is 5.69 Å². The average Bonchev–Trinajstić information content (AvgIpc) is 3.06. The number of Topliss-reactive ketones (excluding diaryl/α,β-unsaturated/α-hetero) is 1. The summed E-state index contributed by atoms with van der Waals surface area (Å²) in [7, 11) is 0. The lowest BCUT2D eigenvalue weighted by Gasteiger charge is -2.18. The Morgan fingerprint density at radius 1 is 1.43 bits per heavy atom. The quantitative estimate of drug-likeness (QED) is 0.799. The molecule has 0 bridgehead atoms. The van der Waals surface area contributed by atoms with Crippen molar-refractivity contribution in [3.63, 3.8) is 0 Å². The monoisotopic (exact) mass is 300 g/mol. The SMILES string of the molecule is CC(=O)c1ccc2c(c1)CCN2Cc1csc(C(C)C)n1. The summed E-state index contributed by atoms with van der Waals surface area (Å²) in [6, 6.07) is 6.05. The van der Waals surface area contributed by atoms with Gasteiger partial charge < -0.3 is 4.90 Å². The number of rotatable bonds is 4. The Bertz CT molecular complexity index is 675. The molecule has 0 radical (unpaired) electrons. The van der Waals surface area contributed by atoms with E-state index in [1.165, 1.54) is 16.3 Å². The highest BCUT2D eigenvalue weighted by Gasteiger charge is 2.21. The van der Waals surface area contributed by atoms with Crippen molar-refractivity contribution < 1.29 is 4.79 Å². The van der Waals surface area contributed by atoms with Gasteiger partial charge in [0.25, 0.3) is 0 Å². The number of thiazole rings is 1. The zero-order chi connectivity index (χ0) is 15.0. The van der Waals surface area contributed by atoms with Crippen LogP contribution in [0.2, 0.25) is 0 Å². The Morgan fingerprint density at radius 3 is 2.90 bits per heavy atom. The van der Waals surface area contributed by atoms with Crippen molar-refractivity contribution in [3.8, 4) is 0 Å². The standard InChI is InChI=1S/C17H20N2OS/c1-11(2)17-18-15(10-21-17)9-19-7-6-14-8-13(12(3)20)4-5-16(14)19/h4-5,8,10-11H,6-7,9H2,1-3H3. The number of nitrogens with zero attached hydrogens (tertiary/aromatic N) is 2. The molecule has 1 aromatic carbocycles. The second-order valence-electron chi connectivity index (χ2n) is 5.90. The highest BCUT2D eigenvalue weighted by atomic mass is 32.1. The zero-order valence-electron chi connectivity index (χ0n) is 12.7. The molecule has 4 heteroatoms. The predicted molar refractivity (Wildman–Crippen MR) is 87.4 cm³/mol. The number of carbonyl (C=O) groups is 1. The summed E-state index contributed by atoms with van der Waals surface area (Å²) in [5.41, 5.74) is 4.49. The Labute approximate surface area is 129 Å². The van der Waals surface area contributed by atoms with Crippen molar-refractivity contribution >= 4 is 22.8 Å². The average molecular weight is 300 g/mol. The van der Waals surface area contributed by atoms with E-state index in [-0.39, 0.29) is 5.78 Å². The van der Waals surface area contributed by atoms with Crippen molar-refractivity contribution in [2.45, 2.75) is 39.7 Å². The molecule has 0 spiro atoms. The van der Waals surface area contributed by atoms with Gasteiger partial charge in [-0.2, -0.15) is 0 Å². The Kier molecular flexibility index (Phi) is 3.81. The van der Waals surface area contributed by atoms with Gasteiger partial charge in [-0.25, -0.2) is 4.98 Å². The van der Waals surface area contributed by atoms with Crippen LogP contribution in [0.1, 0.15) is 53.3 Å². The number of carbonyl (C=O) groups excluding carboxylic acids is 1. The maximum Gasteiger partial charge on any atom is 0.159 e. The maximum absolute atomic E-state index is 11.5. The van der Waals surface area contributed by atoms with E-state index in [1.54, 1.807) is 18.3 Å². The Hall–Kier alpha value is -1.68. The van der Waals surface area contributed by atoms with Gasteiger partial charge in [-0.3, -0.25) is 4.79 Å². The molecule has 0 unspecified atom stereocenters. The molecular formula is C17H20N2OS. The minimum atomic E-state index is 0.136. The van der Waals surface area contributed by atoms with Gasteiger partial charge >= 0.3 is 0 Å². The summed E-state index contributed by atoms with van der Waals surface area (Å²) in [5.74, 6) is 0.630. The summed E-state index contributed by atoms with van der Waals surface area (Å²) in [6.07, 6.45) is 1.01. The van der Waals surface area contributed by atoms with Crippen LogP contribution in [0.5, 0.6) is 0 Å². The van der Waals surface area contributed by atoms with Crippen LogP contribution in [-0.2, 0) is 13.0 Å². The molecule has 2 aromatic rings. The van der Waals surface area contributed by atoms with E-state index >= 15 is 0 Å². The highest BCUT2D eigenvalue weighted by molar-refractivity contribution is 7.09. The molecule has 0 amide bonds. The third-order valence-corrected chi connectivity index (χ3v) is 5.09. The lowest BCUT2D eigenvalue weighted by atomic mass is 10.1. The van der Waals surface area contributed by atoms with Crippen molar-refractivity contribution in [1.82, 2.24) is 4.98 Å². The third kappa shape index (κ3) is 2.86. The second kappa shape index (κ2) is 5.60. The second-order valence-corrected chi connectivity index (χ2v) is 6.79. The molecule has 3 rings (SSSR count). The van der Waals surface area contributed by atoms with Crippen LogP contribution in [0.25, 0.3) is 0 Å². The number of hydrogen-bond acceptors (Lipinski definition) is 4. The molecule has 0 fully saturated rings. The maximum atomic E-state index is 11.5. The summed E-state index contributed by atoms with van der Waals surface area (Å²) in [4.78, 5) is 18.5. The van der Waals surface area contributed by atoms with Gasteiger partial charge in [-0.15, -0.1) is 11.3 Å². The topological polar surface area (TPSA) is 33.2 Å². The number of aromatic nitrogens is 1. The summed E-state index contributed by atoms with van der Waals surface area (Å²) >= 11 is 1.75. The van der Waals surface area contributed by atoms with E-state index in [9.17, 15) is 4.79 Å². The number of anilines is 1. The fraction of sp³-hybridized carbons (Fsp3) is 0.412. The first-order valence-corrected chi connectivity index (χ1v) is 8.25. The molecule has 0 atom stereocenters. The molecular weight excluding hydrogens is 280 g/mol. The lowest BCUT2D eigenvalue weighted by Crippen LogP contribution is -2.19. The molecule has 110 valence electrons. The molecule has 1 aliphatic rings. The lowest BCUT2D eigenvalue weighted by molar-refractivity contribution is 0.101. The summed E-state index contributed by atoms with van der Waals surface area (Å²) < 4.78 is 0. The minimum Gasteiger partial charge on any atom is -0.365 e. The van der Waals surface area contributed by atoms with Gasteiger partial charge in [0, 0.05) is 29.1 Å². The first-order valence-electron chi connectivity index (χ1n) is 7.37. The number of hydrogen-bond donors (Lipinski definition) is 0. The van der Waals surface area contributed by atoms with Crippen LogP contribution in [0.3, 0.4) is 0 Å². The van der Waals surface area contributed by atoms with Crippen LogP contribution in [0, 0.1) is 0 Å². The third-order valence-electron chi connectivity index (χ3n) is 3.89. The fourth-order valence-electron chi connectivity index (χ4n) is 2.71. The zero-order valence-corrected chi connectivity index (χ0v) is 13.5. The smallest absolute Gasteiger partial charge is 0.159 e. The molecule has 1 aliphatic heterocycles. The van der Waals surface area contributed by atoms with E-state index in [0.717, 1.165) is 30.8 Å². The number of benzene rings is 1. The molecule has 2 heterocycles. The van der Waals surface area contributed by atoms with E-state index < -0.39 is 0 Å². The van der Waals surface area contributed by atoms with Crippen molar-refractivity contribution in [2.24, 2.45) is 0 Å². The molecule has 1 aromatic heterocycles. The van der Waals surface area contributed by atoms with Crippen molar-refractivity contribution in [1.29, 1.82) is 0 Å². The Balaban J connectivity index is 1.79. The van der Waals surface area contributed by atoms with E-state index in [2.05, 4.69) is 30.2 Å². The highest BCUT2D eigenvalue weighted by Crippen LogP contribution is 2.31. The normalized spacial score (nSPS) is 13.8. The summed E-state index contributed by atoms with van der Waals surface area (Å²) in [5, 5.41) is 3.37. The summed E-state index contributed by atoms with van der Waals surface area (Å²) in [6.45, 7) is 7.84. The van der Waals surface area contributed by atoms with Gasteiger partial charge in [-0.05, 0) is 37.1 Å². The van der Waals surface area contributed by atoms with E-state index in [1.807, 2.05) is 12.1 Å². The van der Waals surface area contributed by atoms with E-state index in [4.69, 9.17) is 4.98 Å². The fourth-order valence-corrected chi connectivity index (χ4v) is 3.54. The molecule has 0 saturated carbocycles. The minimum absolute atomic E-state index is 0.136. The molecule has 21 heavy (non-hydrogen) atoms. The first kappa shape index (κ1) is 14.3. The van der Waals surface area contributed by atoms with Crippen LogP contribution < -0.4 is 4.90 Å². The van der Waals surface area contributed by atoms with Crippen molar-refractivity contribution in [3.05, 3.63) is 45.4 Å². The molecule has 0 saturated heterocycles. The van der Waals surface area contributed by atoms with Crippen LogP contribution in [0.15, 0.2) is 23.6 Å². The van der Waals surface area contributed by atoms with Gasteiger partial charge in [0.1, 0.15) is 0 Å².